The number of hydrogen-bond donors (Lipinski definition) is 2. The van der Waals surface area contributed by atoms with Gasteiger partial charge in [0.05, 0.1) is 10.7 Å². The molecule has 2 nitrogen and oxygen atoms in total. The molecule has 0 saturated carbocycles. The van der Waals surface area contributed by atoms with E-state index in [2.05, 4.69) is 11.8 Å². The van der Waals surface area contributed by atoms with Crippen LogP contribution in [0.3, 0.4) is 0 Å². The summed E-state index contributed by atoms with van der Waals surface area (Å²) < 4.78 is 13.2. The van der Waals surface area contributed by atoms with Crippen molar-refractivity contribution in [3.8, 4) is 11.8 Å². The highest BCUT2D eigenvalue weighted by atomic mass is 35.5. The van der Waals surface area contributed by atoms with Crippen molar-refractivity contribution in [2.75, 3.05) is 12.3 Å². The maximum absolute atomic E-state index is 13.2. The predicted molar refractivity (Wildman–Crippen MR) is 56.4 cm³/mol. The summed E-state index contributed by atoms with van der Waals surface area (Å²) in [6, 6.07) is 3.03. The fraction of sp³-hybridized carbons (Fsp3) is 0.200. The fourth-order valence-electron chi connectivity index (χ4n) is 0.891. The first-order valence-electron chi connectivity index (χ1n) is 4.09. The second-order valence-electron chi connectivity index (χ2n) is 2.67. The molecule has 0 amide bonds. The lowest BCUT2D eigenvalue weighted by Gasteiger charge is -2.00. The van der Waals surface area contributed by atoms with Crippen LogP contribution in [0.1, 0.15) is 12.0 Å². The zero-order chi connectivity index (χ0) is 10.6. The van der Waals surface area contributed by atoms with Crippen molar-refractivity contribution < 1.29 is 4.39 Å². The Hall–Kier alpha value is -1.24. The van der Waals surface area contributed by atoms with Crippen molar-refractivity contribution in [2.45, 2.75) is 6.42 Å². The van der Waals surface area contributed by atoms with Gasteiger partial charge in [0.1, 0.15) is 0 Å². The molecule has 1 aromatic carbocycles. The first kappa shape index (κ1) is 10.8. The monoisotopic (exact) mass is 212 g/mol. The Bertz CT molecular complexity index is 393. The van der Waals surface area contributed by atoms with Crippen LogP contribution in [-0.4, -0.2) is 6.54 Å². The van der Waals surface area contributed by atoms with Crippen LogP contribution < -0.4 is 11.5 Å². The molecular formula is C10H10ClFN2. The van der Waals surface area contributed by atoms with Crippen LogP contribution in [0.2, 0.25) is 5.02 Å². The molecule has 4 N–H and O–H groups in total. The normalized spacial score (nSPS) is 9.36. The molecule has 0 aromatic heterocycles. The van der Waals surface area contributed by atoms with E-state index >= 15 is 0 Å². The van der Waals surface area contributed by atoms with Gasteiger partial charge in [-0.25, -0.2) is 4.39 Å². The van der Waals surface area contributed by atoms with Gasteiger partial charge in [-0.3, -0.25) is 0 Å². The third kappa shape index (κ3) is 2.38. The predicted octanol–water partition coefficient (Wildman–Crippen LogP) is 1.76. The highest BCUT2D eigenvalue weighted by molar-refractivity contribution is 6.32. The van der Waals surface area contributed by atoms with E-state index in [4.69, 9.17) is 23.1 Å². The van der Waals surface area contributed by atoms with Gasteiger partial charge in [0.25, 0.3) is 0 Å². The quantitative estimate of drug-likeness (QED) is 0.551. The van der Waals surface area contributed by atoms with Crippen LogP contribution in [-0.2, 0) is 0 Å². The Labute approximate surface area is 87.0 Å². The summed E-state index contributed by atoms with van der Waals surface area (Å²) in [5.41, 5.74) is 11.0. The summed E-state index contributed by atoms with van der Waals surface area (Å²) in [4.78, 5) is 0. The van der Waals surface area contributed by atoms with Crippen LogP contribution >= 0.6 is 11.6 Å². The number of benzene rings is 1. The van der Waals surface area contributed by atoms with E-state index in [1.54, 1.807) is 6.07 Å². The molecule has 0 saturated heterocycles. The van der Waals surface area contributed by atoms with Gasteiger partial charge in [-0.1, -0.05) is 23.4 Å². The highest BCUT2D eigenvalue weighted by Gasteiger charge is 2.07. The molecule has 0 aliphatic rings. The summed E-state index contributed by atoms with van der Waals surface area (Å²) in [5, 5.41) is -0.0329. The van der Waals surface area contributed by atoms with Gasteiger partial charge in [0, 0.05) is 18.5 Å². The number of nitrogens with two attached hydrogens (primary N) is 2. The van der Waals surface area contributed by atoms with Crippen LogP contribution in [0.15, 0.2) is 12.1 Å². The minimum atomic E-state index is -0.619. The zero-order valence-corrected chi connectivity index (χ0v) is 8.24. The third-order valence-corrected chi connectivity index (χ3v) is 1.97. The molecule has 0 bridgehead atoms. The third-order valence-electron chi connectivity index (χ3n) is 1.60. The average Bonchev–Trinajstić information content (AvgIpc) is 2.18. The molecule has 14 heavy (non-hydrogen) atoms. The van der Waals surface area contributed by atoms with Crippen molar-refractivity contribution >= 4 is 17.3 Å². The second kappa shape index (κ2) is 4.85. The number of hydrogen-bond acceptors (Lipinski definition) is 2. The maximum Gasteiger partial charge on any atom is 0.165 e. The van der Waals surface area contributed by atoms with Gasteiger partial charge in [0.15, 0.2) is 5.82 Å². The summed E-state index contributed by atoms with van der Waals surface area (Å²) in [6.45, 7) is 0.474. The number of halogens is 2. The van der Waals surface area contributed by atoms with Crippen molar-refractivity contribution in [2.24, 2.45) is 5.73 Å². The van der Waals surface area contributed by atoms with Crippen LogP contribution in [0.5, 0.6) is 0 Å². The highest BCUT2D eigenvalue weighted by Crippen LogP contribution is 2.23. The molecule has 0 aliphatic carbocycles. The zero-order valence-electron chi connectivity index (χ0n) is 7.48. The van der Waals surface area contributed by atoms with Gasteiger partial charge < -0.3 is 11.5 Å². The van der Waals surface area contributed by atoms with E-state index < -0.39 is 5.82 Å². The van der Waals surface area contributed by atoms with Gasteiger partial charge in [-0.2, -0.15) is 0 Å². The first-order valence-corrected chi connectivity index (χ1v) is 4.47. The first-order chi connectivity index (χ1) is 6.66. The molecule has 0 fully saturated rings. The number of anilines is 1. The van der Waals surface area contributed by atoms with Gasteiger partial charge in [0.2, 0.25) is 0 Å². The topological polar surface area (TPSA) is 52.0 Å². The van der Waals surface area contributed by atoms with Crippen LogP contribution in [0, 0.1) is 17.7 Å². The molecule has 1 aromatic rings. The van der Waals surface area contributed by atoms with E-state index in [0.717, 1.165) is 0 Å². The summed E-state index contributed by atoms with van der Waals surface area (Å²) in [5.74, 6) is 4.88. The van der Waals surface area contributed by atoms with Crippen molar-refractivity contribution in [3.63, 3.8) is 0 Å². The van der Waals surface area contributed by atoms with Gasteiger partial charge >= 0.3 is 0 Å². The van der Waals surface area contributed by atoms with Crippen molar-refractivity contribution in [3.05, 3.63) is 28.5 Å². The molecule has 0 aliphatic heterocycles. The Morgan fingerprint density at radius 3 is 2.79 bits per heavy atom. The van der Waals surface area contributed by atoms with Gasteiger partial charge in [-0.15, -0.1) is 0 Å². The van der Waals surface area contributed by atoms with E-state index in [1.807, 2.05) is 0 Å². The molecule has 4 heteroatoms. The fourth-order valence-corrected chi connectivity index (χ4v) is 1.11. The molecule has 0 unspecified atom stereocenters. The largest absolute Gasteiger partial charge is 0.396 e. The maximum atomic E-state index is 13.2. The average molecular weight is 213 g/mol. The molecule has 0 spiro atoms. The molecule has 74 valence electrons. The smallest absolute Gasteiger partial charge is 0.165 e. The number of nitrogen functional groups attached to an aromatic ring is 1. The van der Waals surface area contributed by atoms with E-state index in [-0.39, 0.29) is 10.7 Å². The Kier molecular flexibility index (Phi) is 3.75. The van der Waals surface area contributed by atoms with Crippen LogP contribution in [0.4, 0.5) is 10.1 Å². The standard InChI is InChI=1S/C10H10ClFN2/c11-9-7(3-1-2-6-13)4-5-8(14)10(9)12/h4-5H,2,6,13-14H2. The minimum absolute atomic E-state index is 0.0272. The summed E-state index contributed by atoms with van der Waals surface area (Å²) in [7, 11) is 0. The lowest BCUT2D eigenvalue weighted by Crippen LogP contribution is -1.96. The molecule has 0 heterocycles. The SMILES string of the molecule is NCCC#Cc1ccc(N)c(F)c1Cl. The summed E-state index contributed by atoms with van der Waals surface area (Å²) >= 11 is 5.69. The van der Waals surface area contributed by atoms with Crippen molar-refractivity contribution in [1.29, 1.82) is 0 Å². The van der Waals surface area contributed by atoms with E-state index in [0.29, 0.717) is 18.5 Å². The van der Waals surface area contributed by atoms with Gasteiger partial charge in [-0.05, 0) is 12.1 Å². The number of rotatable bonds is 1. The van der Waals surface area contributed by atoms with E-state index in [1.165, 1.54) is 6.07 Å². The lowest BCUT2D eigenvalue weighted by atomic mass is 10.2. The molecule has 0 radical (unpaired) electrons. The molecular weight excluding hydrogens is 203 g/mol. The molecule has 1 rings (SSSR count). The Morgan fingerprint density at radius 2 is 2.14 bits per heavy atom. The molecule has 0 atom stereocenters. The summed E-state index contributed by atoms with van der Waals surface area (Å²) in [6.07, 6.45) is 0.558. The van der Waals surface area contributed by atoms with Crippen LogP contribution in [0.25, 0.3) is 0 Å². The Morgan fingerprint density at radius 1 is 1.43 bits per heavy atom. The van der Waals surface area contributed by atoms with E-state index in [9.17, 15) is 4.39 Å². The Balaban J connectivity index is 3.02. The lowest BCUT2D eigenvalue weighted by molar-refractivity contribution is 0.632. The van der Waals surface area contributed by atoms with Crippen molar-refractivity contribution in [1.82, 2.24) is 0 Å². The second-order valence-corrected chi connectivity index (χ2v) is 3.05. The minimum Gasteiger partial charge on any atom is -0.396 e.